The number of carbonyl (C=O) groups is 1. The molecule has 1 rings (SSSR count). The van der Waals surface area contributed by atoms with Crippen molar-refractivity contribution in [1.29, 1.82) is 5.26 Å². The number of hydrogen-bond donors (Lipinski definition) is 2. The minimum Gasteiger partial charge on any atom is -0.367 e. The summed E-state index contributed by atoms with van der Waals surface area (Å²) >= 11 is 0. The van der Waals surface area contributed by atoms with Crippen LogP contribution >= 0.6 is 0 Å². The van der Waals surface area contributed by atoms with Gasteiger partial charge in [-0.05, 0) is 30.7 Å². The minimum atomic E-state index is -4.22. The first-order valence-corrected chi connectivity index (χ1v) is 9.38. The molecule has 1 aromatic carbocycles. The number of hydrogen-bond acceptors (Lipinski definition) is 8. The Morgan fingerprint density at radius 1 is 1.08 bits per heavy atom. The van der Waals surface area contributed by atoms with Crippen molar-refractivity contribution in [3.05, 3.63) is 29.3 Å². The Hall–Kier alpha value is -2.46. The van der Waals surface area contributed by atoms with E-state index in [9.17, 15) is 21.6 Å². The smallest absolute Gasteiger partial charge is 0.367 e. The summed E-state index contributed by atoms with van der Waals surface area (Å²) in [5.74, 6) is -1.36. The number of nitrogens with zero attached hydrogens (tertiary/aromatic N) is 1. The van der Waals surface area contributed by atoms with Crippen LogP contribution in [0.25, 0.3) is 6.08 Å². The standard InChI is InChI=1S/C13H15N3O7S2/c1-9(17)11(8-14)6-10-4-5-12(22-24(18,19)15-2)13(7-10)23-25(20,21)16-3/h4-7,15-16H,1-3H3/b11-6-. The molecule has 0 aliphatic carbocycles. The van der Waals surface area contributed by atoms with Gasteiger partial charge in [-0.1, -0.05) is 6.07 Å². The molecule has 0 bridgehead atoms. The van der Waals surface area contributed by atoms with Gasteiger partial charge in [0.25, 0.3) is 0 Å². The molecule has 1 aromatic rings. The second kappa shape index (κ2) is 8.08. The summed E-state index contributed by atoms with van der Waals surface area (Å²) in [6.45, 7) is 1.19. The number of Topliss-reactive ketones (excluding diaryl/α,β-unsaturated/α-hetero) is 1. The van der Waals surface area contributed by atoms with E-state index in [0.29, 0.717) is 0 Å². The number of benzene rings is 1. The molecule has 0 atom stereocenters. The van der Waals surface area contributed by atoms with Gasteiger partial charge in [0.05, 0.1) is 5.57 Å². The fraction of sp³-hybridized carbons (Fsp3) is 0.231. The van der Waals surface area contributed by atoms with E-state index < -0.39 is 37.9 Å². The van der Waals surface area contributed by atoms with Crippen LogP contribution in [0.4, 0.5) is 0 Å². The van der Waals surface area contributed by atoms with Crippen LogP contribution < -0.4 is 17.8 Å². The Balaban J connectivity index is 3.46. The van der Waals surface area contributed by atoms with Crippen molar-refractivity contribution in [3.63, 3.8) is 0 Å². The Labute approximate surface area is 145 Å². The zero-order valence-electron chi connectivity index (χ0n) is 13.4. The van der Waals surface area contributed by atoms with Gasteiger partial charge in [0.2, 0.25) is 0 Å². The minimum absolute atomic E-state index is 0.182. The maximum Gasteiger partial charge on any atom is 0.382 e. The maximum absolute atomic E-state index is 11.6. The summed E-state index contributed by atoms with van der Waals surface area (Å²) < 4.78 is 59.4. The van der Waals surface area contributed by atoms with E-state index in [1.807, 2.05) is 9.44 Å². The number of nitrogens with one attached hydrogen (secondary N) is 2. The van der Waals surface area contributed by atoms with Crippen LogP contribution in [0.2, 0.25) is 0 Å². The third kappa shape index (κ3) is 6.16. The Morgan fingerprint density at radius 2 is 1.60 bits per heavy atom. The second-order valence-electron chi connectivity index (χ2n) is 4.42. The summed E-state index contributed by atoms with van der Waals surface area (Å²) in [4.78, 5) is 11.3. The van der Waals surface area contributed by atoms with Crippen molar-refractivity contribution in [2.45, 2.75) is 6.92 Å². The van der Waals surface area contributed by atoms with E-state index in [1.165, 1.54) is 19.1 Å². The number of nitriles is 1. The molecule has 0 aromatic heterocycles. The molecule has 12 heteroatoms. The van der Waals surface area contributed by atoms with Crippen LogP contribution in [-0.4, -0.2) is 36.7 Å². The molecule has 25 heavy (non-hydrogen) atoms. The highest BCUT2D eigenvalue weighted by Crippen LogP contribution is 2.31. The molecule has 0 radical (unpaired) electrons. The van der Waals surface area contributed by atoms with Crippen LogP contribution in [0.5, 0.6) is 11.5 Å². The Morgan fingerprint density at radius 3 is 2.04 bits per heavy atom. The summed E-state index contributed by atoms with van der Waals surface area (Å²) in [5.41, 5.74) is 0.0428. The third-order valence-corrected chi connectivity index (χ3v) is 4.48. The molecule has 0 amide bonds. The van der Waals surface area contributed by atoms with Crippen LogP contribution in [0.15, 0.2) is 23.8 Å². The average molecular weight is 389 g/mol. The fourth-order valence-electron chi connectivity index (χ4n) is 1.45. The third-order valence-electron chi connectivity index (χ3n) is 2.68. The summed E-state index contributed by atoms with van der Waals surface area (Å²) in [7, 11) is -6.21. The van der Waals surface area contributed by atoms with Gasteiger partial charge in [-0.25, -0.2) is 0 Å². The maximum atomic E-state index is 11.6. The molecule has 0 saturated carbocycles. The van der Waals surface area contributed by atoms with Gasteiger partial charge >= 0.3 is 20.6 Å². The first-order valence-electron chi connectivity index (χ1n) is 6.56. The lowest BCUT2D eigenvalue weighted by atomic mass is 10.1. The molecule has 0 unspecified atom stereocenters. The second-order valence-corrected chi connectivity index (χ2v) is 7.38. The predicted octanol–water partition coefficient (Wildman–Crippen LogP) is -0.131. The van der Waals surface area contributed by atoms with Gasteiger partial charge in [0, 0.05) is 14.1 Å². The van der Waals surface area contributed by atoms with Gasteiger partial charge in [0.1, 0.15) is 6.07 Å². The molecule has 10 nitrogen and oxygen atoms in total. The zero-order valence-corrected chi connectivity index (χ0v) is 15.1. The lowest BCUT2D eigenvalue weighted by molar-refractivity contribution is -0.113. The largest absolute Gasteiger partial charge is 0.382 e. The highest BCUT2D eigenvalue weighted by Gasteiger charge is 2.19. The molecular formula is C13H15N3O7S2. The zero-order chi connectivity index (χ0) is 19.3. The quantitative estimate of drug-likeness (QED) is 0.461. The van der Waals surface area contributed by atoms with Gasteiger partial charge in [-0.15, -0.1) is 0 Å². The van der Waals surface area contributed by atoms with E-state index in [0.717, 1.165) is 26.2 Å². The summed E-state index contributed by atoms with van der Waals surface area (Å²) in [5, 5.41) is 8.90. The average Bonchev–Trinajstić information content (AvgIpc) is 2.54. The van der Waals surface area contributed by atoms with Gasteiger partial charge < -0.3 is 8.37 Å². The van der Waals surface area contributed by atoms with Gasteiger partial charge in [0.15, 0.2) is 17.3 Å². The normalized spacial score (nSPS) is 12.3. The van der Waals surface area contributed by atoms with E-state index in [1.54, 1.807) is 6.07 Å². The van der Waals surface area contributed by atoms with Crippen LogP contribution in [-0.2, 0) is 25.4 Å². The SMILES string of the molecule is CNS(=O)(=O)Oc1ccc(/C=C(/C#N)C(C)=O)cc1OS(=O)(=O)NC. The molecule has 0 aliphatic heterocycles. The van der Waals surface area contributed by atoms with Crippen molar-refractivity contribution in [2.75, 3.05) is 14.1 Å². The monoisotopic (exact) mass is 389 g/mol. The number of rotatable bonds is 8. The molecule has 136 valence electrons. The summed E-state index contributed by atoms with van der Waals surface area (Å²) in [6, 6.07) is 5.24. The molecule has 0 spiro atoms. The van der Waals surface area contributed by atoms with Crippen molar-refractivity contribution in [3.8, 4) is 17.6 Å². The fourth-order valence-corrected chi connectivity index (χ4v) is 2.35. The summed E-state index contributed by atoms with van der Waals surface area (Å²) in [6.07, 6.45) is 1.19. The van der Waals surface area contributed by atoms with Crippen molar-refractivity contribution < 1.29 is 30.0 Å². The lowest BCUT2D eigenvalue weighted by Crippen LogP contribution is -2.26. The molecule has 0 saturated heterocycles. The number of ketones is 1. The van der Waals surface area contributed by atoms with Gasteiger partial charge in [-0.2, -0.15) is 31.5 Å². The molecular weight excluding hydrogens is 374 g/mol. The molecule has 0 aliphatic rings. The Kier molecular flexibility index (Phi) is 6.65. The molecule has 0 fully saturated rings. The van der Waals surface area contributed by atoms with E-state index in [2.05, 4.69) is 0 Å². The first-order chi connectivity index (χ1) is 11.5. The van der Waals surface area contributed by atoms with E-state index >= 15 is 0 Å². The lowest BCUT2D eigenvalue weighted by Gasteiger charge is -2.12. The van der Waals surface area contributed by atoms with Crippen molar-refractivity contribution in [2.24, 2.45) is 0 Å². The van der Waals surface area contributed by atoms with Crippen LogP contribution in [0.1, 0.15) is 12.5 Å². The first kappa shape index (κ1) is 20.6. The highest BCUT2D eigenvalue weighted by molar-refractivity contribution is 7.85. The van der Waals surface area contributed by atoms with Gasteiger partial charge in [-0.3, -0.25) is 4.79 Å². The number of allylic oxidation sites excluding steroid dienone is 1. The van der Waals surface area contributed by atoms with Crippen molar-refractivity contribution >= 4 is 32.5 Å². The topological polar surface area (TPSA) is 152 Å². The number of carbonyl (C=O) groups excluding carboxylic acids is 1. The Bertz CT molecular complexity index is 944. The molecule has 0 heterocycles. The predicted molar refractivity (Wildman–Crippen MR) is 87.9 cm³/mol. The highest BCUT2D eigenvalue weighted by atomic mass is 32.2. The van der Waals surface area contributed by atoms with Crippen LogP contribution in [0, 0.1) is 11.3 Å². The van der Waals surface area contributed by atoms with Crippen LogP contribution in [0.3, 0.4) is 0 Å². The molecule has 2 N–H and O–H groups in total. The van der Waals surface area contributed by atoms with E-state index in [-0.39, 0.29) is 11.1 Å². The van der Waals surface area contributed by atoms with Crippen molar-refractivity contribution in [1.82, 2.24) is 9.44 Å². The van der Waals surface area contributed by atoms with E-state index in [4.69, 9.17) is 13.6 Å².